The summed E-state index contributed by atoms with van der Waals surface area (Å²) in [5, 5.41) is 25.5. The topological polar surface area (TPSA) is 91.5 Å². The van der Waals surface area contributed by atoms with E-state index in [1.54, 1.807) is 12.3 Å². The molecule has 0 saturated heterocycles. The van der Waals surface area contributed by atoms with Crippen LogP contribution in [0.25, 0.3) is 10.9 Å². The zero-order valence-electron chi connectivity index (χ0n) is 18.6. The Morgan fingerprint density at radius 2 is 1.81 bits per heavy atom. The number of aromatic nitrogens is 4. The van der Waals surface area contributed by atoms with Crippen LogP contribution in [0.4, 0.5) is 21.5 Å². The number of rotatable bonds is 6. The van der Waals surface area contributed by atoms with Gasteiger partial charge >= 0.3 is 0 Å². The number of pyridine rings is 1. The molecule has 1 atom stereocenters. The van der Waals surface area contributed by atoms with Gasteiger partial charge in [-0.1, -0.05) is 58.7 Å². The molecule has 0 amide bonds. The molecule has 0 aliphatic heterocycles. The van der Waals surface area contributed by atoms with E-state index in [1.807, 2.05) is 36.4 Å². The van der Waals surface area contributed by atoms with Gasteiger partial charge in [0.25, 0.3) is 0 Å². The monoisotopic (exact) mass is 516 g/mol. The number of fused-ring (bicyclic) bond motifs is 1. The average Bonchev–Trinajstić information content (AvgIpc) is 3.31. The van der Waals surface area contributed by atoms with E-state index in [0.29, 0.717) is 38.7 Å². The molecule has 177 valence electrons. The summed E-state index contributed by atoms with van der Waals surface area (Å²) >= 11 is 12.6. The number of nitrogens with one attached hydrogen (secondary N) is 2. The number of hydrogen-bond donors (Lipinski definition) is 2. The van der Waals surface area contributed by atoms with Crippen LogP contribution in [0, 0.1) is 24.2 Å². The number of nitrogens with zero attached hydrogens (tertiary/aromatic N) is 5. The highest BCUT2D eigenvalue weighted by atomic mass is 35.5. The van der Waals surface area contributed by atoms with E-state index in [-0.39, 0.29) is 16.6 Å². The summed E-state index contributed by atoms with van der Waals surface area (Å²) in [4.78, 5) is 4.38. The smallest absolute Gasteiger partial charge is 0.141 e. The molecular formula is C26H17Cl2FN7. The zero-order valence-corrected chi connectivity index (χ0v) is 20.1. The number of benzene rings is 3. The summed E-state index contributed by atoms with van der Waals surface area (Å²) in [5.41, 5.74) is 4.04. The molecule has 0 aliphatic carbocycles. The molecule has 2 N–H and O–H groups in total. The van der Waals surface area contributed by atoms with Gasteiger partial charge in [-0.3, -0.25) is 9.67 Å². The predicted octanol–water partition coefficient (Wildman–Crippen LogP) is 6.73. The van der Waals surface area contributed by atoms with Crippen LogP contribution in [0.15, 0.2) is 73.1 Å². The van der Waals surface area contributed by atoms with Gasteiger partial charge in [0.1, 0.15) is 17.6 Å². The second-order valence-corrected chi connectivity index (χ2v) is 8.75. The molecule has 0 saturated carbocycles. The molecule has 36 heavy (non-hydrogen) atoms. The van der Waals surface area contributed by atoms with Crippen molar-refractivity contribution in [2.24, 2.45) is 0 Å². The highest BCUT2D eigenvalue weighted by Gasteiger charge is 2.20. The van der Waals surface area contributed by atoms with Gasteiger partial charge in [-0.05, 0) is 35.9 Å². The first kappa shape index (κ1) is 23.5. The quantitative estimate of drug-likeness (QED) is 0.260. The summed E-state index contributed by atoms with van der Waals surface area (Å²) in [6.45, 7) is 0. The van der Waals surface area contributed by atoms with E-state index in [2.05, 4.69) is 39.0 Å². The lowest BCUT2D eigenvalue weighted by molar-refractivity contribution is 0.628. The Labute approximate surface area is 216 Å². The summed E-state index contributed by atoms with van der Waals surface area (Å²) in [6, 6.07) is 19.4. The minimum Gasteiger partial charge on any atom is -0.373 e. The van der Waals surface area contributed by atoms with Gasteiger partial charge in [0.15, 0.2) is 0 Å². The van der Waals surface area contributed by atoms with E-state index in [4.69, 9.17) is 23.2 Å². The van der Waals surface area contributed by atoms with Crippen LogP contribution in [0.5, 0.6) is 0 Å². The van der Waals surface area contributed by atoms with E-state index in [9.17, 15) is 9.65 Å². The normalized spacial score (nSPS) is 11.8. The molecule has 0 spiro atoms. The Hall–Kier alpha value is -4.19. The average molecular weight is 517 g/mol. The molecule has 5 rings (SSSR count). The van der Waals surface area contributed by atoms with Gasteiger partial charge in [-0.15, -0.1) is 5.10 Å². The fourth-order valence-electron chi connectivity index (χ4n) is 3.87. The van der Waals surface area contributed by atoms with Gasteiger partial charge in [0, 0.05) is 23.0 Å². The van der Waals surface area contributed by atoms with E-state index in [1.165, 1.54) is 29.1 Å². The van der Waals surface area contributed by atoms with Crippen LogP contribution in [-0.4, -0.2) is 20.0 Å². The van der Waals surface area contributed by atoms with Gasteiger partial charge in [-0.25, -0.2) is 4.39 Å². The maximum absolute atomic E-state index is 13.7. The van der Waals surface area contributed by atoms with Crippen molar-refractivity contribution in [2.45, 2.75) is 6.04 Å². The molecule has 3 aromatic carbocycles. The van der Waals surface area contributed by atoms with Crippen molar-refractivity contribution in [2.75, 3.05) is 10.6 Å². The maximum atomic E-state index is 13.7. The van der Waals surface area contributed by atoms with Gasteiger partial charge < -0.3 is 10.6 Å². The number of hydrogen-bond acceptors (Lipinski definition) is 6. The number of nitriles is 1. The largest absolute Gasteiger partial charge is 0.373 e. The molecular weight excluding hydrogens is 500 g/mol. The second kappa shape index (κ2) is 9.82. The lowest BCUT2D eigenvalue weighted by atomic mass is 10.0. The molecule has 0 bridgehead atoms. The standard InChI is InChI=1S/C26H17Cl2FN7/c1-36-14-23(34-35-36)25(15-5-3-2-4-6-15)33-18-9-19-24(32-17-7-8-22(29)20(27)10-17)16(12-30)13-31-26(19)21(28)11-18/h2-11,13-14,25,33H,1H2,(H,31,32)/t25-/m0/s1. The lowest BCUT2D eigenvalue weighted by Gasteiger charge is -2.20. The van der Waals surface area contributed by atoms with E-state index < -0.39 is 5.82 Å². The van der Waals surface area contributed by atoms with Gasteiger partial charge in [-0.2, -0.15) is 5.26 Å². The number of halogens is 3. The third-order valence-electron chi connectivity index (χ3n) is 5.53. The fourth-order valence-corrected chi connectivity index (χ4v) is 4.32. The Kier molecular flexibility index (Phi) is 6.42. The highest BCUT2D eigenvalue weighted by Crippen LogP contribution is 2.37. The Morgan fingerprint density at radius 1 is 1.03 bits per heavy atom. The van der Waals surface area contributed by atoms with Crippen molar-refractivity contribution in [1.82, 2.24) is 20.0 Å². The Bertz CT molecular complexity index is 1610. The summed E-state index contributed by atoms with van der Waals surface area (Å²) in [5.74, 6) is -0.539. The molecule has 0 unspecified atom stereocenters. The Balaban J connectivity index is 1.62. The van der Waals surface area contributed by atoms with Crippen molar-refractivity contribution in [3.63, 3.8) is 0 Å². The van der Waals surface area contributed by atoms with Crippen LogP contribution in [-0.2, 0) is 0 Å². The van der Waals surface area contributed by atoms with Crippen molar-refractivity contribution >= 4 is 51.2 Å². The molecule has 0 fully saturated rings. The van der Waals surface area contributed by atoms with Crippen molar-refractivity contribution < 1.29 is 4.39 Å². The zero-order chi connectivity index (χ0) is 25.2. The minimum atomic E-state index is -0.539. The summed E-state index contributed by atoms with van der Waals surface area (Å²) in [6.07, 6.45) is 3.17. The van der Waals surface area contributed by atoms with Gasteiger partial charge in [0.05, 0.1) is 46.1 Å². The second-order valence-electron chi connectivity index (χ2n) is 7.94. The lowest BCUT2D eigenvalue weighted by Crippen LogP contribution is -2.13. The summed E-state index contributed by atoms with van der Waals surface area (Å²) in [7, 11) is 3.78. The molecule has 7 nitrogen and oxygen atoms in total. The summed E-state index contributed by atoms with van der Waals surface area (Å²) < 4.78 is 15.1. The molecule has 1 radical (unpaired) electrons. The van der Waals surface area contributed by atoms with Crippen LogP contribution in [0.3, 0.4) is 0 Å². The fraction of sp³-hybridized carbons (Fsp3) is 0.0385. The van der Waals surface area contributed by atoms with Crippen LogP contribution >= 0.6 is 23.2 Å². The van der Waals surface area contributed by atoms with Crippen LogP contribution in [0.2, 0.25) is 10.0 Å². The molecule has 0 aliphatic rings. The van der Waals surface area contributed by atoms with Crippen molar-refractivity contribution in [3.05, 3.63) is 113 Å². The molecule has 2 aromatic heterocycles. The van der Waals surface area contributed by atoms with Crippen molar-refractivity contribution in [3.8, 4) is 6.07 Å². The highest BCUT2D eigenvalue weighted by molar-refractivity contribution is 6.36. The van der Waals surface area contributed by atoms with E-state index >= 15 is 0 Å². The van der Waals surface area contributed by atoms with Crippen LogP contribution < -0.4 is 10.6 Å². The number of anilines is 3. The Morgan fingerprint density at radius 3 is 2.50 bits per heavy atom. The predicted molar refractivity (Wildman–Crippen MR) is 139 cm³/mol. The maximum Gasteiger partial charge on any atom is 0.141 e. The first-order chi connectivity index (χ1) is 17.4. The third-order valence-corrected chi connectivity index (χ3v) is 6.11. The third kappa shape index (κ3) is 4.67. The minimum absolute atomic E-state index is 0.0404. The van der Waals surface area contributed by atoms with E-state index in [0.717, 1.165) is 5.56 Å². The SMILES string of the molecule is [CH2]n1cc([C@@H](Nc2cc(Cl)c3ncc(C#N)c(Nc4ccc(F)c(Cl)c4)c3c2)c2ccccc2)nn1. The first-order valence-electron chi connectivity index (χ1n) is 10.7. The van der Waals surface area contributed by atoms with Crippen molar-refractivity contribution in [1.29, 1.82) is 5.26 Å². The molecule has 2 heterocycles. The molecule has 10 heteroatoms. The first-order valence-corrected chi connectivity index (χ1v) is 11.5. The van der Waals surface area contributed by atoms with Crippen LogP contribution in [0.1, 0.15) is 22.9 Å². The van der Waals surface area contributed by atoms with Gasteiger partial charge in [0.2, 0.25) is 0 Å². The molecule has 5 aromatic rings.